The van der Waals surface area contributed by atoms with E-state index in [1.807, 2.05) is 0 Å². The van der Waals surface area contributed by atoms with E-state index in [9.17, 15) is 4.79 Å². The third-order valence-corrected chi connectivity index (χ3v) is 2.41. The molecule has 1 unspecified atom stereocenters. The zero-order chi connectivity index (χ0) is 12.2. The van der Waals surface area contributed by atoms with Crippen molar-refractivity contribution in [1.29, 1.82) is 0 Å². The van der Waals surface area contributed by atoms with Crippen molar-refractivity contribution < 1.29 is 9.53 Å². The van der Waals surface area contributed by atoms with Gasteiger partial charge >= 0.3 is 0 Å². The molecular formula is C12H26N2O2. The first kappa shape index (κ1) is 15.4. The molecule has 0 fully saturated rings. The fourth-order valence-corrected chi connectivity index (χ4v) is 1.39. The van der Waals surface area contributed by atoms with Crippen LogP contribution in [0.2, 0.25) is 0 Å². The summed E-state index contributed by atoms with van der Waals surface area (Å²) in [5.74, 6) is -0.331. The van der Waals surface area contributed by atoms with Crippen LogP contribution in [0.1, 0.15) is 46.0 Å². The molecular weight excluding hydrogens is 204 g/mol. The zero-order valence-corrected chi connectivity index (χ0v) is 10.6. The number of carbonyl (C=O) groups is 1. The van der Waals surface area contributed by atoms with Gasteiger partial charge in [-0.2, -0.15) is 0 Å². The molecule has 0 radical (unpaired) electrons. The van der Waals surface area contributed by atoms with Gasteiger partial charge in [0.1, 0.15) is 6.04 Å². The first-order chi connectivity index (χ1) is 7.72. The number of hydrogen-bond donors (Lipinski definition) is 2. The fourth-order valence-electron chi connectivity index (χ4n) is 1.39. The van der Waals surface area contributed by atoms with E-state index in [-0.39, 0.29) is 11.9 Å². The number of nitrogens with two attached hydrogens (primary N) is 1. The highest BCUT2D eigenvalue weighted by molar-refractivity contribution is 5.79. The minimum atomic E-state index is -0.342. The van der Waals surface area contributed by atoms with Crippen LogP contribution < -0.4 is 11.1 Å². The van der Waals surface area contributed by atoms with E-state index in [4.69, 9.17) is 10.5 Å². The molecule has 0 aliphatic heterocycles. The van der Waals surface area contributed by atoms with Gasteiger partial charge in [-0.05, 0) is 19.4 Å². The predicted molar refractivity (Wildman–Crippen MR) is 66.2 cm³/mol. The maximum Gasteiger partial charge on any atom is 0.236 e. The highest BCUT2D eigenvalue weighted by Gasteiger charge is 2.13. The fraction of sp³-hybridized carbons (Fsp3) is 0.917. The van der Waals surface area contributed by atoms with Crippen LogP contribution in [-0.4, -0.2) is 31.7 Å². The Labute approximate surface area is 98.9 Å². The second kappa shape index (κ2) is 10.9. The highest BCUT2D eigenvalue weighted by Crippen LogP contribution is 1.99. The first-order valence-electron chi connectivity index (χ1n) is 6.32. The Balaban J connectivity index is 3.48. The van der Waals surface area contributed by atoms with Crippen LogP contribution in [0.5, 0.6) is 0 Å². The molecule has 96 valence electrons. The largest absolute Gasteiger partial charge is 0.379 e. The maximum absolute atomic E-state index is 11.1. The molecule has 0 aromatic heterocycles. The van der Waals surface area contributed by atoms with Gasteiger partial charge in [0.05, 0.1) is 6.61 Å². The van der Waals surface area contributed by atoms with Gasteiger partial charge in [-0.25, -0.2) is 0 Å². The molecule has 16 heavy (non-hydrogen) atoms. The molecule has 0 rings (SSSR count). The number of primary amides is 1. The molecule has 0 aromatic carbocycles. The van der Waals surface area contributed by atoms with Gasteiger partial charge in [-0.3, -0.25) is 4.79 Å². The lowest BCUT2D eigenvalue weighted by Gasteiger charge is -2.14. The predicted octanol–water partition coefficient (Wildman–Crippen LogP) is 1.44. The van der Waals surface area contributed by atoms with Crippen molar-refractivity contribution in [3.05, 3.63) is 0 Å². The average Bonchev–Trinajstić information content (AvgIpc) is 2.26. The van der Waals surface area contributed by atoms with Crippen molar-refractivity contribution >= 4 is 5.91 Å². The summed E-state index contributed by atoms with van der Waals surface area (Å²) >= 11 is 0. The topological polar surface area (TPSA) is 64.3 Å². The molecule has 1 atom stereocenters. The van der Waals surface area contributed by atoms with E-state index in [0.29, 0.717) is 6.61 Å². The number of carbonyl (C=O) groups excluding carboxylic acids is 1. The standard InChI is InChI=1S/C12H26N2O2/c1-3-5-6-7-9-16-10-11(12(13)15)14-8-4-2/h11,14H,3-10H2,1-2H3,(H2,13,15). The Morgan fingerprint density at radius 2 is 2.00 bits per heavy atom. The average molecular weight is 230 g/mol. The van der Waals surface area contributed by atoms with Gasteiger partial charge in [0.15, 0.2) is 0 Å². The van der Waals surface area contributed by atoms with Crippen LogP contribution in [0, 0.1) is 0 Å². The summed E-state index contributed by atoms with van der Waals surface area (Å²) < 4.78 is 5.44. The summed E-state index contributed by atoms with van der Waals surface area (Å²) in [5, 5.41) is 3.07. The normalized spacial score (nSPS) is 12.6. The van der Waals surface area contributed by atoms with Gasteiger partial charge in [0, 0.05) is 6.61 Å². The van der Waals surface area contributed by atoms with Crippen molar-refractivity contribution in [1.82, 2.24) is 5.32 Å². The van der Waals surface area contributed by atoms with Crippen LogP contribution in [-0.2, 0) is 9.53 Å². The zero-order valence-electron chi connectivity index (χ0n) is 10.6. The Morgan fingerprint density at radius 1 is 1.25 bits per heavy atom. The monoisotopic (exact) mass is 230 g/mol. The minimum absolute atomic E-state index is 0.331. The van der Waals surface area contributed by atoms with E-state index in [0.717, 1.165) is 26.0 Å². The highest BCUT2D eigenvalue weighted by atomic mass is 16.5. The Morgan fingerprint density at radius 3 is 2.56 bits per heavy atom. The molecule has 1 amide bonds. The minimum Gasteiger partial charge on any atom is -0.379 e. The number of ether oxygens (including phenoxy) is 1. The van der Waals surface area contributed by atoms with Crippen LogP contribution in [0.4, 0.5) is 0 Å². The van der Waals surface area contributed by atoms with Crippen molar-refractivity contribution in [2.45, 2.75) is 52.0 Å². The Bertz CT molecular complexity index is 174. The van der Waals surface area contributed by atoms with Gasteiger partial charge in [0.2, 0.25) is 5.91 Å². The van der Waals surface area contributed by atoms with Crippen LogP contribution in [0.25, 0.3) is 0 Å². The summed E-state index contributed by atoms with van der Waals surface area (Å²) in [7, 11) is 0. The van der Waals surface area contributed by atoms with Gasteiger partial charge in [0.25, 0.3) is 0 Å². The molecule has 0 aliphatic rings. The number of rotatable bonds is 11. The van der Waals surface area contributed by atoms with E-state index < -0.39 is 0 Å². The Kier molecular flexibility index (Phi) is 10.5. The quantitative estimate of drug-likeness (QED) is 0.528. The molecule has 0 bridgehead atoms. The number of unbranched alkanes of at least 4 members (excludes halogenated alkanes) is 3. The van der Waals surface area contributed by atoms with Crippen LogP contribution in [0.15, 0.2) is 0 Å². The second-order valence-corrected chi connectivity index (χ2v) is 4.04. The maximum atomic E-state index is 11.1. The van der Waals surface area contributed by atoms with Gasteiger partial charge in [-0.15, -0.1) is 0 Å². The smallest absolute Gasteiger partial charge is 0.236 e. The lowest BCUT2D eigenvalue weighted by molar-refractivity contribution is -0.121. The Hall–Kier alpha value is -0.610. The lowest BCUT2D eigenvalue weighted by Crippen LogP contribution is -2.45. The molecule has 0 heterocycles. The third-order valence-electron chi connectivity index (χ3n) is 2.41. The van der Waals surface area contributed by atoms with Crippen LogP contribution in [0.3, 0.4) is 0 Å². The summed E-state index contributed by atoms with van der Waals surface area (Å²) in [6.45, 7) is 6.14. The molecule has 4 heteroatoms. The summed E-state index contributed by atoms with van der Waals surface area (Å²) in [6, 6.07) is -0.342. The van der Waals surface area contributed by atoms with Crippen molar-refractivity contribution in [2.24, 2.45) is 5.73 Å². The van der Waals surface area contributed by atoms with E-state index >= 15 is 0 Å². The number of amides is 1. The first-order valence-corrected chi connectivity index (χ1v) is 6.32. The SMILES string of the molecule is CCCCCCOCC(NCCC)C(N)=O. The van der Waals surface area contributed by atoms with Crippen molar-refractivity contribution in [2.75, 3.05) is 19.8 Å². The summed E-state index contributed by atoms with van der Waals surface area (Å²) in [4.78, 5) is 11.1. The van der Waals surface area contributed by atoms with Crippen molar-refractivity contribution in [3.63, 3.8) is 0 Å². The molecule has 4 nitrogen and oxygen atoms in total. The summed E-state index contributed by atoms with van der Waals surface area (Å²) in [6.07, 6.45) is 5.71. The lowest BCUT2D eigenvalue weighted by atomic mass is 10.2. The number of nitrogens with one attached hydrogen (secondary N) is 1. The molecule has 3 N–H and O–H groups in total. The van der Waals surface area contributed by atoms with E-state index in [1.54, 1.807) is 0 Å². The van der Waals surface area contributed by atoms with Gasteiger partial charge < -0.3 is 15.8 Å². The molecule has 0 aromatic rings. The second-order valence-electron chi connectivity index (χ2n) is 4.04. The molecule has 0 spiro atoms. The van der Waals surface area contributed by atoms with E-state index in [2.05, 4.69) is 19.2 Å². The van der Waals surface area contributed by atoms with Gasteiger partial charge in [-0.1, -0.05) is 33.1 Å². The number of hydrogen-bond acceptors (Lipinski definition) is 3. The molecule has 0 saturated carbocycles. The molecule has 0 aliphatic carbocycles. The van der Waals surface area contributed by atoms with Crippen molar-refractivity contribution in [3.8, 4) is 0 Å². The third kappa shape index (κ3) is 8.68. The summed E-state index contributed by atoms with van der Waals surface area (Å²) in [5.41, 5.74) is 5.26. The van der Waals surface area contributed by atoms with Crippen LogP contribution >= 0.6 is 0 Å². The van der Waals surface area contributed by atoms with E-state index in [1.165, 1.54) is 19.3 Å². The molecule has 0 saturated heterocycles.